The number of carbonyl (C=O) groups is 2. The van der Waals surface area contributed by atoms with E-state index in [4.69, 9.17) is 4.42 Å². The van der Waals surface area contributed by atoms with E-state index in [0.29, 0.717) is 15.3 Å². The van der Waals surface area contributed by atoms with Crippen LogP contribution < -0.4 is 4.90 Å². The fourth-order valence-electron chi connectivity index (χ4n) is 2.59. The molecule has 0 spiro atoms. The van der Waals surface area contributed by atoms with Crippen molar-refractivity contribution in [2.24, 2.45) is 0 Å². The summed E-state index contributed by atoms with van der Waals surface area (Å²) in [5, 5.41) is 20.1. The van der Waals surface area contributed by atoms with Gasteiger partial charge in [-0.2, -0.15) is 0 Å². The van der Waals surface area contributed by atoms with E-state index in [1.54, 1.807) is 29.6 Å². The molecule has 1 unspecified atom stereocenters. The predicted octanol–water partition coefficient (Wildman–Crippen LogP) is 3.74. The summed E-state index contributed by atoms with van der Waals surface area (Å²) < 4.78 is 6.02. The fourth-order valence-corrected chi connectivity index (χ4v) is 4.17. The first-order chi connectivity index (χ1) is 12.1. The van der Waals surface area contributed by atoms with E-state index < -0.39 is 23.5 Å². The van der Waals surface area contributed by atoms with Crippen molar-refractivity contribution < 1.29 is 19.1 Å². The Hall–Kier alpha value is -2.30. The van der Waals surface area contributed by atoms with Gasteiger partial charge in [0, 0.05) is 0 Å². The summed E-state index contributed by atoms with van der Waals surface area (Å²) in [4.78, 5) is 27.2. The standard InChI is InChI=1S/C15H8BrN3O4S2/c16-9-4-3-7(23-9)11-10(12(20)8-2-1-5-24-8)13(21)14(22)19(11)15-18-17-6-25-15/h1-6,11,21H. The van der Waals surface area contributed by atoms with Gasteiger partial charge in [0.15, 0.2) is 10.4 Å². The molecule has 3 aromatic rings. The minimum atomic E-state index is -0.915. The normalized spacial score (nSPS) is 17.6. The molecule has 4 rings (SSSR count). The molecular weight excluding hydrogens is 430 g/mol. The molecule has 3 aromatic heterocycles. The van der Waals surface area contributed by atoms with Crippen LogP contribution >= 0.6 is 38.6 Å². The Morgan fingerprint density at radius 2 is 2.16 bits per heavy atom. The van der Waals surface area contributed by atoms with Gasteiger partial charge in [0.25, 0.3) is 5.91 Å². The molecule has 0 aromatic carbocycles. The lowest BCUT2D eigenvalue weighted by atomic mass is 10.0. The van der Waals surface area contributed by atoms with E-state index in [9.17, 15) is 14.7 Å². The van der Waals surface area contributed by atoms with Gasteiger partial charge in [0.05, 0.1) is 10.5 Å². The Morgan fingerprint density at radius 3 is 2.76 bits per heavy atom. The van der Waals surface area contributed by atoms with Crippen molar-refractivity contribution in [1.82, 2.24) is 10.2 Å². The van der Waals surface area contributed by atoms with Gasteiger partial charge in [0.2, 0.25) is 10.9 Å². The molecule has 0 bridgehead atoms. The van der Waals surface area contributed by atoms with Crippen molar-refractivity contribution in [2.45, 2.75) is 6.04 Å². The lowest BCUT2D eigenvalue weighted by Gasteiger charge is -2.21. The summed E-state index contributed by atoms with van der Waals surface area (Å²) in [5.41, 5.74) is 1.43. The Labute approximate surface area is 157 Å². The molecule has 7 nitrogen and oxygen atoms in total. The zero-order valence-corrected chi connectivity index (χ0v) is 15.5. The number of rotatable bonds is 4. The largest absolute Gasteiger partial charge is 0.503 e. The topological polar surface area (TPSA) is 96.5 Å². The first kappa shape index (κ1) is 16.2. The summed E-state index contributed by atoms with van der Waals surface area (Å²) in [5.74, 6) is -1.41. The summed E-state index contributed by atoms with van der Waals surface area (Å²) >= 11 is 5.57. The molecule has 4 heterocycles. The zero-order chi connectivity index (χ0) is 17.6. The van der Waals surface area contributed by atoms with Gasteiger partial charge < -0.3 is 9.52 Å². The monoisotopic (exact) mass is 437 g/mol. The van der Waals surface area contributed by atoms with Crippen LogP contribution in [0.25, 0.3) is 0 Å². The van der Waals surface area contributed by atoms with Crippen molar-refractivity contribution in [1.29, 1.82) is 0 Å². The third-order valence-corrected chi connectivity index (χ3v) is 5.60. The van der Waals surface area contributed by atoms with Gasteiger partial charge in [-0.3, -0.25) is 14.5 Å². The van der Waals surface area contributed by atoms with Gasteiger partial charge in [-0.05, 0) is 39.5 Å². The number of Topliss-reactive ketones (excluding diaryl/α,β-unsaturated/α-hetero) is 1. The highest BCUT2D eigenvalue weighted by Gasteiger charge is 2.47. The van der Waals surface area contributed by atoms with Crippen molar-refractivity contribution in [3.8, 4) is 0 Å². The number of aliphatic hydroxyl groups is 1. The van der Waals surface area contributed by atoms with Gasteiger partial charge in [-0.25, -0.2) is 0 Å². The molecule has 1 aliphatic heterocycles. The molecule has 1 aliphatic rings. The van der Waals surface area contributed by atoms with E-state index in [1.807, 2.05) is 0 Å². The molecule has 1 N–H and O–H groups in total. The average Bonchev–Trinajstić information content (AvgIpc) is 3.36. The van der Waals surface area contributed by atoms with Gasteiger partial charge in [0.1, 0.15) is 17.3 Å². The van der Waals surface area contributed by atoms with Crippen LogP contribution in [0.5, 0.6) is 0 Å². The highest BCUT2D eigenvalue weighted by atomic mass is 79.9. The number of furan rings is 1. The number of hydrogen-bond acceptors (Lipinski definition) is 8. The molecule has 0 aliphatic carbocycles. The van der Waals surface area contributed by atoms with Crippen LogP contribution in [-0.4, -0.2) is 27.0 Å². The smallest absolute Gasteiger partial charge is 0.296 e. The van der Waals surface area contributed by atoms with E-state index in [-0.39, 0.29) is 10.7 Å². The first-order valence-electron chi connectivity index (χ1n) is 6.94. The molecule has 1 atom stereocenters. The lowest BCUT2D eigenvalue weighted by Crippen LogP contribution is -2.30. The molecule has 126 valence electrons. The number of aromatic nitrogens is 2. The summed E-state index contributed by atoms with van der Waals surface area (Å²) in [7, 11) is 0. The third-order valence-electron chi connectivity index (χ3n) is 3.62. The van der Waals surface area contributed by atoms with E-state index in [1.165, 1.54) is 21.7 Å². The number of aliphatic hydroxyl groups excluding tert-OH is 1. The summed E-state index contributed by atoms with van der Waals surface area (Å²) in [6.07, 6.45) is 0. The van der Waals surface area contributed by atoms with E-state index in [0.717, 1.165) is 11.3 Å². The fraction of sp³-hybridized carbons (Fsp3) is 0.0667. The number of halogens is 1. The van der Waals surface area contributed by atoms with Crippen LogP contribution in [0.15, 0.2) is 55.6 Å². The van der Waals surface area contributed by atoms with Crippen molar-refractivity contribution in [3.63, 3.8) is 0 Å². The molecule has 1 amide bonds. The molecule has 0 saturated heterocycles. The predicted molar refractivity (Wildman–Crippen MR) is 94.8 cm³/mol. The van der Waals surface area contributed by atoms with Crippen molar-refractivity contribution in [3.05, 3.63) is 61.8 Å². The van der Waals surface area contributed by atoms with Crippen molar-refractivity contribution >= 4 is 55.4 Å². The SMILES string of the molecule is O=C(C1=C(O)C(=O)N(c2nncs2)C1c1ccc(Br)o1)c1cccs1. The highest BCUT2D eigenvalue weighted by Crippen LogP contribution is 2.43. The summed E-state index contributed by atoms with van der Waals surface area (Å²) in [6, 6.07) is 5.74. The van der Waals surface area contributed by atoms with E-state index >= 15 is 0 Å². The number of amides is 1. The first-order valence-corrected chi connectivity index (χ1v) is 9.49. The summed E-state index contributed by atoms with van der Waals surface area (Å²) in [6.45, 7) is 0. The minimum absolute atomic E-state index is 0.0375. The highest BCUT2D eigenvalue weighted by molar-refractivity contribution is 9.10. The van der Waals surface area contributed by atoms with Gasteiger partial charge >= 0.3 is 0 Å². The average molecular weight is 438 g/mol. The minimum Gasteiger partial charge on any atom is -0.503 e. The van der Waals surface area contributed by atoms with Crippen LogP contribution in [0, 0.1) is 0 Å². The number of thiophene rings is 1. The maximum Gasteiger partial charge on any atom is 0.296 e. The second-order valence-electron chi connectivity index (χ2n) is 5.01. The van der Waals surface area contributed by atoms with Crippen LogP contribution in [0.4, 0.5) is 5.13 Å². The molecule has 0 saturated carbocycles. The Morgan fingerprint density at radius 1 is 1.32 bits per heavy atom. The number of carbonyl (C=O) groups excluding carboxylic acids is 2. The van der Waals surface area contributed by atoms with Gasteiger partial charge in [-0.15, -0.1) is 21.5 Å². The molecule has 25 heavy (non-hydrogen) atoms. The number of hydrogen-bond donors (Lipinski definition) is 1. The van der Waals surface area contributed by atoms with Crippen molar-refractivity contribution in [2.75, 3.05) is 4.90 Å². The quantitative estimate of drug-likeness (QED) is 0.624. The second kappa shape index (κ2) is 6.21. The van der Waals surface area contributed by atoms with Crippen LogP contribution in [0.1, 0.15) is 21.5 Å². The molecular formula is C15H8BrN3O4S2. The maximum atomic E-state index is 12.9. The second-order valence-corrected chi connectivity index (χ2v) is 7.55. The van der Waals surface area contributed by atoms with Gasteiger partial charge in [-0.1, -0.05) is 17.4 Å². The van der Waals surface area contributed by atoms with Crippen LogP contribution in [0.2, 0.25) is 0 Å². The Bertz CT molecular complexity index is 979. The lowest BCUT2D eigenvalue weighted by molar-refractivity contribution is -0.117. The molecule has 10 heteroatoms. The zero-order valence-electron chi connectivity index (χ0n) is 12.2. The van der Waals surface area contributed by atoms with E-state index in [2.05, 4.69) is 26.1 Å². The maximum absolute atomic E-state index is 12.9. The molecule has 0 fully saturated rings. The Balaban J connectivity index is 1.87. The van der Waals surface area contributed by atoms with Crippen LogP contribution in [-0.2, 0) is 4.79 Å². The number of ketones is 1. The van der Waals surface area contributed by atoms with Crippen LogP contribution in [0.3, 0.4) is 0 Å². The Kier molecular flexibility index (Phi) is 4.02. The number of anilines is 1. The third kappa shape index (κ3) is 2.62. The molecule has 0 radical (unpaired) electrons. The number of nitrogens with zero attached hydrogens (tertiary/aromatic N) is 3.